The zero-order valence-electron chi connectivity index (χ0n) is 16.8. The molecule has 0 aliphatic carbocycles. The van der Waals surface area contributed by atoms with Crippen molar-refractivity contribution in [2.45, 2.75) is 12.2 Å². The lowest BCUT2D eigenvalue weighted by molar-refractivity contribution is -0.141. The molecule has 2 aromatic carbocycles. The molecule has 32 heavy (non-hydrogen) atoms. The molecule has 1 aromatic heterocycles. The fraction of sp³-hybridized carbons (Fsp3) is 0.167. The minimum absolute atomic E-state index is 0.399. The van der Waals surface area contributed by atoms with Crippen LogP contribution in [0.15, 0.2) is 77.6 Å². The number of halogens is 3. The number of rotatable bonds is 5. The first-order chi connectivity index (χ1) is 15.3. The van der Waals surface area contributed by atoms with Crippen LogP contribution in [0.2, 0.25) is 0 Å². The van der Waals surface area contributed by atoms with Crippen molar-refractivity contribution in [3.63, 3.8) is 0 Å². The lowest BCUT2D eigenvalue weighted by Crippen LogP contribution is -2.34. The Balaban J connectivity index is 1.63. The van der Waals surface area contributed by atoms with Gasteiger partial charge in [-0.3, -0.25) is 9.59 Å². The van der Waals surface area contributed by atoms with E-state index in [-0.39, 0.29) is 0 Å². The van der Waals surface area contributed by atoms with Gasteiger partial charge in [0.25, 0.3) is 11.5 Å². The number of H-pyrrole nitrogens is 1. The number of ether oxygens (including phenoxy) is 1. The molecule has 2 N–H and O–H groups in total. The Labute approximate surface area is 181 Å². The summed E-state index contributed by atoms with van der Waals surface area (Å²) in [7, 11) is 0. The number of carbonyl (C=O) groups is 1. The van der Waals surface area contributed by atoms with E-state index in [1.807, 2.05) is 60.7 Å². The summed E-state index contributed by atoms with van der Waals surface area (Å²) in [5.41, 5.74) is 0.893. The second-order valence-corrected chi connectivity index (χ2v) is 7.30. The van der Waals surface area contributed by atoms with Gasteiger partial charge in [0.05, 0.1) is 19.3 Å². The average molecular weight is 440 g/mol. The molecule has 0 radical (unpaired) electrons. The number of nitrogens with one attached hydrogen (secondary N) is 2. The molecular weight excluding hydrogens is 421 g/mol. The van der Waals surface area contributed by atoms with E-state index >= 15 is 0 Å². The number of benzene rings is 2. The van der Waals surface area contributed by atoms with Crippen LogP contribution in [0.1, 0.15) is 38.8 Å². The normalized spacial score (nSPS) is 14.7. The van der Waals surface area contributed by atoms with Crippen molar-refractivity contribution in [1.29, 1.82) is 0 Å². The molecule has 0 saturated carbocycles. The lowest BCUT2D eigenvalue weighted by Gasteiger charge is -2.20. The zero-order valence-corrected chi connectivity index (χ0v) is 16.8. The Morgan fingerprint density at radius 1 is 0.969 bits per heavy atom. The van der Waals surface area contributed by atoms with E-state index in [9.17, 15) is 22.8 Å². The number of carbonyl (C=O) groups excluding carboxylic acids is 1. The fourth-order valence-electron chi connectivity index (χ4n) is 3.51. The molecule has 1 aliphatic heterocycles. The highest BCUT2D eigenvalue weighted by Crippen LogP contribution is 2.27. The zero-order chi connectivity index (χ0) is 22.7. The number of hydrogen-bond acceptors (Lipinski definition) is 3. The maximum Gasteiger partial charge on any atom is 0.431 e. The molecule has 0 spiro atoms. The molecule has 5 nitrogen and oxygen atoms in total. The number of amides is 1. The molecule has 8 heteroatoms. The number of pyridine rings is 1. The van der Waals surface area contributed by atoms with Crippen LogP contribution in [-0.2, 0) is 10.9 Å². The van der Waals surface area contributed by atoms with Gasteiger partial charge in [0.2, 0.25) is 0 Å². The van der Waals surface area contributed by atoms with Gasteiger partial charge in [-0.25, -0.2) is 0 Å². The Morgan fingerprint density at radius 3 is 2.25 bits per heavy atom. The number of hydrogen-bond donors (Lipinski definition) is 2. The van der Waals surface area contributed by atoms with Gasteiger partial charge in [-0.1, -0.05) is 60.7 Å². The standard InChI is InChI=1S/C24H19F3N2O3/c25-24(26,27)20-11-10-19(22(30)28-20)23(31)29-21(16-4-2-1-3-5-16)17-8-6-15(7-9-17)18-12-13-32-14-18/h1-12,21H,13-14H2,(H,28,30)(H,29,31). The van der Waals surface area contributed by atoms with Crippen LogP contribution < -0.4 is 10.9 Å². The third kappa shape index (κ3) is 4.65. The lowest BCUT2D eigenvalue weighted by atomic mass is 9.96. The van der Waals surface area contributed by atoms with Crippen molar-refractivity contribution in [3.05, 3.63) is 111 Å². The van der Waals surface area contributed by atoms with Gasteiger partial charge in [-0.15, -0.1) is 0 Å². The summed E-state index contributed by atoms with van der Waals surface area (Å²) in [6, 6.07) is 17.6. The van der Waals surface area contributed by atoms with E-state index < -0.39 is 34.9 Å². The van der Waals surface area contributed by atoms with E-state index in [1.165, 1.54) is 0 Å². The second kappa shape index (κ2) is 8.84. The molecule has 1 unspecified atom stereocenters. The molecule has 164 valence electrons. The smallest absolute Gasteiger partial charge is 0.373 e. The first-order valence-electron chi connectivity index (χ1n) is 9.86. The summed E-state index contributed by atoms with van der Waals surface area (Å²) < 4.78 is 43.8. The van der Waals surface area contributed by atoms with Crippen LogP contribution >= 0.6 is 0 Å². The van der Waals surface area contributed by atoms with E-state index in [2.05, 4.69) is 5.32 Å². The van der Waals surface area contributed by atoms with Crippen LogP contribution in [-0.4, -0.2) is 24.1 Å². The number of aromatic amines is 1. The topological polar surface area (TPSA) is 71.2 Å². The average Bonchev–Trinajstić information content (AvgIpc) is 3.32. The van der Waals surface area contributed by atoms with Crippen LogP contribution in [0.4, 0.5) is 13.2 Å². The van der Waals surface area contributed by atoms with E-state index in [0.29, 0.717) is 19.3 Å². The molecule has 1 atom stereocenters. The predicted octanol–water partition coefficient (Wildman–Crippen LogP) is 4.33. The van der Waals surface area contributed by atoms with Gasteiger partial charge in [0.1, 0.15) is 11.3 Å². The van der Waals surface area contributed by atoms with Crippen molar-refractivity contribution in [3.8, 4) is 0 Å². The molecule has 1 aliphatic rings. The van der Waals surface area contributed by atoms with Crippen LogP contribution in [0.3, 0.4) is 0 Å². The molecule has 1 amide bonds. The molecule has 0 saturated heterocycles. The highest BCUT2D eigenvalue weighted by Gasteiger charge is 2.32. The molecule has 0 fully saturated rings. The highest BCUT2D eigenvalue weighted by molar-refractivity contribution is 5.94. The van der Waals surface area contributed by atoms with Gasteiger partial charge >= 0.3 is 6.18 Å². The minimum Gasteiger partial charge on any atom is -0.373 e. The van der Waals surface area contributed by atoms with Crippen molar-refractivity contribution >= 4 is 11.5 Å². The Kier molecular flexibility index (Phi) is 5.96. The van der Waals surface area contributed by atoms with Gasteiger partial charge in [-0.05, 0) is 34.4 Å². The van der Waals surface area contributed by atoms with Crippen molar-refractivity contribution in [1.82, 2.24) is 10.3 Å². The van der Waals surface area contributed by atoms with E-state index in [4.69, 9.17) is 4.74 Å². The van der Waals surface area contributed by atoms with Gasteiger partial charge in [0, 0.05) is 0 Å². The summed E-state index contributed by atoms with van der Waals surface area (Å²) in [6.45, 7) is 1.11. The largest absolute Gasteiger partial charge is 0.431 e. The second-order valence-electron chi connectivity index (χ2n) is 7.30. The summed E-state index contributed by atoms with van der Waals surface area (Å²) in [4.78, 5) is 26.7. The number of alkyl halides is 3. The summed E-state index contributed by atoms with van der Waals surface area (Å²) >= 11 is 0. The SMILES string of the molecule is O=C(NC(c1ccccc1)c1ccc(C2=CCOC2)cc1)c1ccc(C(F)(F)F)[nH]c1=O. The fourth-order valence-corrected chi connectivity index (χ4v) is 3.51. The maximum atomic E-state index is 12.8. The molecule has 3 aromatic rings. The highest BCUT2D eigenvalue weighted by atomic mass is 19.4. The first kappa shape index (κ1) is 21.6. The van der Waals surface area contributed by atoms with E-state index in [0.717, 1.165) is 28.3 Å². The Hall–Kier alpha value is -3.65. The van der Waals surface area contributed by atoms with Crippen molar-refractivity contribution in [2.24, 2.45) is 0 Å². The number of aromatic nitrogens is 1. The third-order valence-electron chi connectivity index (χ3n) is 5.19. The minimum atomic E-state index is -4.71. The summed E-state index contributed by atoms with van der Waals surface area (Å²) in [5.74, 6) is -0.773. The quantitative estimate of drug-likeness (QED) is 0.621. The van der Waals surface area contributed by atoms with Crippen LogP contribution in [0.5, 0.6) is 0 Å². The molecule has 2 heterocycles. The summed E-state index contributed by atoms with van der Waals surface area (Å²) in [5, 5.41) is 2.77. The van der Waals surface area contributed by atoms with Crippen LogP contribution in [0, 0.1) is 0 Å². The van der Waals surface area contributed by atoms with Gasteiger partial charge in [0.15, 0.2) is 0 Å². The van der Waals surface area contributed by atoms with Crippen molar-refractivity contribution < 1.29 is 22.7 Å². The maximum absolute atomic E-state index is 12.8. The molecular formula is C24H19F3N2O3. The van der Waals surface area contributed by atoms with Crippen LogP contribution in [0.25, 0.3) is 5.57 Å². The first-order valence-corrected chi connectivity index (χ1v) is 9.86. The van der Waals surface area contributed by atoms with E-state index in [1.54, 1.807) is 4.98 Å². The Bertz CT molecular complexity index is 1200. The van der Waals surface area contributed by atoms with Crippen molar-refractivity contribution in [2.75, 3.05) is 13.2 Å². The monoisotopic (exact) mass is 440 g/mol. The van der Waals surface area contributed by atoms with Gasteiger partial charge in [-0.2, -0.15) is 13.2 Å². The third-order valence-corrected chi connectivity index (χ3v) is 5.19. The Morgan fingerprint density at radius 2 is 1.66 bits per heavy atom. The predicted molar refractivity (Wildman–Crippen MR) is 113 cm³/mol. The summed E-state index contributed by atoms with van der Waals surface area (Å²) in [6.07, 6.45) is -2.70. The molecule has 4 rings (SSSR count). The molecule has 0 bridgehead atoms. The van der Waals surface area contributed by atoms with Gasteiger partial charge < -0.3 is 15.0 Å².